The van der Waals surface area contributed by atoms with Gasteiger partial charge in [0.2, 0.25) is 0 Å². The predicted molar refractivity (Wildman–Crippen MR) is 87.4 cm³/mol. The van der Waals surface area contributed by atoms with Crippen LogP contribution in [0, 0.1) is 0 Å². The Kier molecular flexibility index (Phi) is 7.84. The summed E-state index contributed by atoms with van der Waals surface area (Å²) in [5.41, 5.74) is 0. The van der Waals surface area contributed by atoms with Crippen molar-refractivity contribution in [2.45, 2.75) is 20.0 Å². The molecule has 0 bridgehead atoms. The number of halogens is 2. The second kappa shape index (κ2) is 9.36. The van der Waals surface area contributed by atoms with Gasteiger partial charge in [0.15, 0.2) is 12.7 Å². The standard InChI is InChI=1S/C14H16BrClN2O5/c1-3-17-14(21)18-13(20)8(2)23-12(19)7-22-11-5-4-9(16)6-10(11)15/h4-6,8H,3,7H2,1-2H3,(H2,17,18,20,21). The molecule has 0 saturated heterocycles. The van der Waals surface area contributed by atoms with Gasteiger partial charge in [0, 0.05) is 11.6 Å². The van der Waals surface area contributed by atoms with E-state index in [1.54, 1.807) is 25.1 Å². The van der Waals surface area contributed by atoms with Gasteiger partial charge in [-0.25, -0.2) is 9.59 Å². The molecule has 7 nitrogen and oxygen atoms in total. The van der Waals surface area contributed by atoms with Crippen LogP contribution in [-0.4, -0.2) is 37.2 Å². The van der Waals surface area contributed by atoms with Crippen molar-refractivity contribution in [2.24, 2.45) is 0 Å². The lowest BCUT2D eigenvalue weighted by molar-refractivity contribution is -0.156. The van der Waals surface area contributed by atoms with E-state index in [4.69, 9.17) is 21.1 Å². The number of hydrogen-bond donors (Lipinski definition) is 2. The highest BCUT2D eigenvalue weighted by molar-refractivity contribution is 9.10. The van der Waals surface area contributed by atoms with Crippen molar-refractivity contribution in [3.63, 3.8) is 0 Å². The highest BCUT2D eigenvalue weighted by Gasteiger charge is 2.20. The molecule has 2 N–H and O–H groups in total. The maximum Gasteiger partial charge on any atom is 0.344 e. The quantitative estimate of drug-likeness (QED) is 0.706. The minimum absolute atomic E-state index is 0.372. The van der Waals surface area contributed by atoms with Gasteiger partial charge in [-0.1, -0.05) is 11.6 Å². The molecule has 126 valence electrons. The highest BCUT2D eigenvalue weighted by atomic mass is 79.9. The fraction of sp³-hybridized carbons (Fsp3) is 0.357. The molecule has 1 aromatic carbocycles. The van der Waals surface area contributed by atoms with Gasteiger partial charge < -0.3 is 14.8 Å². The third-order valence-corrected chi connectivity index (χ3v) is 3.35. The van der Waals surface area contributed by atoms with Crippen LogP contribution in [0.25, 0.3) is 0 Å². The fourth-order valence-corrected chi connectivity index (χ4v) is 2.23. The number of rotatable bonds is 6. The Morgan fingerprint density at radius 1 is 1.35 bits per heavy atom. The van der Waals surface area contributed by atoms with E-state index in [-0.39, 0.29) is 6.61 Å². The maximum absolute atomic E-state index is 11.7. The normalized spacial score (nSPS) is 11.3. The van der Waals surface area contributed by atoms with Gasteiger partial charge in [0.25, 0.3) is 5.91 Å². The number of imide groups is 1. The van der Waals surface area contributed by atoms with E-state index in [9.17, 15) is 14.4 Å². The molecule has 9 heteroatoms. The van der Waals surface area contributed by atoms with E-state index in [1.807, 2.05) is 5.32 Å². The second-order valence-corrected chi connectivity index (χ2v) is 5.63. The molecule has 0 fully saturated rings. The minimum atomic E-state index is -1.12. The number of esters is 1. The Labute approximate surface area is 146 Å². The summed E-state index contributed by atoms with van der Waals surface area (Å²) in [6.07, 6.45) is -1.12. The van der Waals surface area contributed by atoms with E-state index >= 15 is 0 Å². The van der Waals surface area contributed by atoms with Gasteiger partial charge in [-0.3, -0.25) is 10.1 Å². The predicted octanol–water partition coefficient (Wildman–Crippen LogP) is 2.26. The molecule has 0 radical (unpaired) electrons. The van der Waals surface area contributed by atoms with Crippen LogP contribution in [0.15, 0.2) is 22.7 Å². The summed E-state index contributed by atoms with van der Waals surface area (Å²) < 4.78 is 10.7. The summed E-state index contributed by atoms with van der Waals surface area (Å²) in [4.78, 5) is 34.5. The number of urea groups is 1. The van der Waals surface area contributed by atoms with Gasteiger partial charge in [-0.05, 0) is 48.0 Å². The molecule has 0 spiro atoms. The Bertz CT molecular complexity index is 597. The Morgan fingerprint density at radius 3 is 2.65 bits per heavy atom. The molecule has 0 aromatic heterocycles. The number of carbonyl (C=O) groups is 3. The zero-order valence-corrected chi connectivity index (χ0v) is 14.9. The van der Waals surface area contributed by atoms with Gasteiger partial charge in [0.05, 0.1) is 4.47 Å². The van der Waals surface area contributed by atoms with Crippen LogP contribution in [-0.2, 0) is 14.3 Å². The number of nitrogens with one attached hydrogen (secondary N) is 2. The maximum atomic E-state index is 11.7. The first-order chi connectivity index (χ1) is 10.8. The first-order valence-corrected chi connectivity index (χ1v) is 7.86. The second-order valence-electron chi connectivity index (χ2n) is 4.34. The van der Waals surface area contributed by atoms with Crippen LogP contribution < -0.4 is 15.4 Å². The van der Waals surface area contributed by atoms with Gasteiger partial charge in [-0.15, -0.1) is 0 Å². The number of amides is 3. The molecule has 1 unspecified atom stereocenters. The monoisotopic (exact) mass is 406 g/mol. The molecule has 1 aromatic rings. The SMILES string of the molecule is CCNC(=O)NC(=O)C(C)OC(=O)COc1ccc(Cl)cc1Br. The summed E-state index contributed by atoms with van der Waals surface area (Å²) in [6.45, 7) is 3.04. The molecular formula is C14H16BrClN2O5. The average Bonchev–Trinajstić information content (AvgIpc) is 2.46. The van der Waals surface area contributed by atoms with Crippen molar-refractivity contribution < 1.29 is 23.9 Å². The lowest BCUT2D eigenvalue weighted by atomic mass is 10.3. The Hall–Kier alpha value is -1.80. The van der Waals surface area contributed by atoms with E-state index in [0.29, 0.717) is 21.8 Å². The summed E-state index contributed by atoms with van der Waals surface area (Å²) in [7, 11) is 0. The van der Waals surface area contributed by atoms with Crippen LogP contribution in [0.3, 0.4) is 0 Å². The number of benzene rings is 1. The van der Waals surface area contributed by atoms with Crippen LogP contribution in [0.5, 0.6) is 5.75 Å². The fourth-order valence-electron chi connectivity index (χ4n) is 1.43. The average molecular weight is 408 g/mol. The third-order valence-electron chi connectivity index (χ3n) is 2.49. The van der Waals surface area contributed by atoms with Crippen molar-refractivity contribution in [2.75, 3.05) is 13.2 Å². The molecule has 0 aliphatic rings. The molecule has 0 aliphatic carbocycles. The van der Waals surface area contributed by atoms with Crippen molar-refractivity contribution >= 4 is 45.4 Å². The smallest absolute Gasteiger partial charge is 0.344 e. The number of carbonyl (C=O) groups excluding carboxylic acids is 3. The molecule has 0 heterocycles. The van der Waals surface area contributed by atoms with E-state index < -0.39 is 24.0 Å². The van der Waals surface area contributed by atoms with Crippen LogP contribution in [0.1, 0.15) is 13.8 Å². The summed E-state index contributed by atoms with van der Waals surface area (Å²) in [5, 5.41) is 4.95. The summed E-state index contributed by atoms with van der Waals surface area (Å²) in [5.74, 6) is -1.06. The minimum Gasteiger partial charge on any atom is -0.481 e. The highest BCUT2D eigenvalue weighted by Crippen LogP contribution is 2.27. The van der Waals surface area contributed by atoms with Gasteiger partial charge >= 0.3 is 12.0 Å². The zero-order valence-electron chi connectivity index (χ0n) is 12.5. The summed E-state index contributed by atoms with van der Waals surface area (Å²) >= 11 is 9.04. The first-order valence-electron chi connectivity index (χ1n) is 6.69. The lowest BCUT2D eigenvalue weighted by Gasteiger charge is -2.13. The number of ether oxygens (including phenoxy) is 2. The molecule has 0 aliphatic heterocycles. The lowest BCUT2D eigenvalue weighted by Crippen LogP contribution is -2.44. The molecular weight excluding hydrogens is 392 g/mol. The van der Waals surface area contributed by atoms with E-state index in [0.717, 1.165) is 0 Å². The zero-order chi connectivity index (χ0) is 17.4. The van der Waals surface area contributed by atoms with Crippen LogP contribution in [0.4, 0.5) is 4.79 Å². The Balaban J connectivity index is 2.43. The van der Waals surface area contributed by atoms with Crippen LogP contribution in [0.2, 0.25) is 5.02 Å². The topological polar surface area (TPSA) is 93.7 Å². The van der Waals surface area contributed by atoms with Gasteiger partial charge in [-0.2, -0.15) is 0 Å². The third kappa shape index (κ3) is 6.87. The van der Waals surface area contributed by atoms with Crippen molar-refractivity contribution in [1.82, 2.24) is 10.6 Å². The van der Waals surface area contributed by atoms with Crippen LogP contribution >= 0.6 is 27.5 Å². The largest absolute Gasteiger partial charge is 0.481 e. The van der Waals surface area contributed by atoms with Crippen molar-refractivity contribution in [1.29, 1.82) is 0 Å². The molecule has 23 heavy (non-hydrogen) atoms. The van der Waals surface area contributed by atoms with E-state index in [1.165, 1.54) is 6.92 Å². The number of hydrogen-bond acceptors (Lipinski definition) is 5. The molecule has 0 saturated carbocycles. The molecule has 1 rings (SSSR count). The Morgan fingerprint density at radius 2 is 2.04 bits per heavy atom. The van der Waals surface area contributed by atoms with Gasteiger partial charge in [0.1, 0.15) is 5.75 Å². The van der Waals surface area contributed by atoms with Crippen molar-refractivity contribution in [3.05, 3.63) is 27.7 Å². The summed E-state index contributed by atoms with van der Waals surface area (Å²) in [6, 6.07) is 4.16. The first kappa shape index (κ1) is 19.2. The van der Waals surface area contributed by atoms with E-state index in [2.05, 4.69) is 21.2 Å². The molecule has 1 atom stereocenters. The molecule has 3 amide bonds. The van der Waals surface area contributed by atoms with Crippen molar-refractivity contribution in [3.8, 4) is 5.75 Å².